The molecule has 0 saturated carbocycles. The summed E-state index contributed by atoms with van der Waals surface area (Å²) in [4.78, 5) is 31.0. The van der Waals surface area contributed by atoms with Crippen LogP contribution in [-0.4, -0.2) is 19.1 Å². The predicted octanol–water partition coefficient (Wildman–Crippen LogP) is -0.737. The first-order valence-corrected chi connectivity index (χ1v) is 4.70. The second-order valence-electron chi connectivity index (χ2n) is 3.28. The van der Waals surface area contributed by atoms with Crippen LogP contribution in [0.5, 0.6) is 0 Å². The SMILES string of the molecule is Cn1c(=O)c2nc(Cl)c(N)nc2n(C)c1=O. The summed E-state index contributed by atoms with van der Waals surface area (Å²) in [5, 5.41) is -0.0525. The zero-order chi connectivity index (χ0) is 12.0. The molecule has 0 saturated heterocycles. The van der Waals surface area contributed by atoms with Gasteiger partial charge in [-0.15, -0.1) is 0 Å². The maximum Gasteiger partial charge on any atom is 0.332 e. The summed E-state index contributed by atoms with van der Waals surface area (Å²) in [7, 11) is 2.84. The van der Waals surface area contributed by atoms with Crippen molar-refractivity contribution in [3.05, 3.63) is 26.0 Å². The number of nitrogens with zero attached hydrogens (tertiary/aromatic N) is 4. The van der Waals surface area contributed by atoms with Crippen molar-refractivity contribution in [1.29, 1.82) is 0 Å². The maximum absolute atomic E-state index is 11.7. The van der Waals surface area contributed by atoms with Crippen LogP contribution in [0.1, 0.15) is 0 Å². The van der Waals surface area contributed by atoms with Crippen LogP contribution < -0.4 is 17.0 Å². The normalized spacial score (nSPS) is 10.9. The van der Waals surface area contributed by atoms with Gasteiger partial charge in [-0.2, -0.15) is 0 Å². The zero-order valence-electron chi connectivity index (χ0n) is 8.56. The van der Waals surface area contributed by atoms with E-state index in [9.17, 15) is 9.59 Å². The molecule has 0 fully saturated rings. The van der Waals surface area contributed by atoms with Crippen LogP contribution in [0.25, 0.3) is 11.2 Å². The Balaban J connectivity index is 3.16. The number of hydrogen-bond acceptors (Lipinski definition) is 5. The highest BCUT2D eigenvalue weighted by Gasteiger charge is 2.13. The number of hydrogen-bond donors (Lipinski definition) is 1. The molecule has 0 spiro atoms. The average Bonchev–Trinajstić information content (AvgIpc) is 2.26. The summed E-state index contributed by atoms with van der Waals surface area (Å²) in [6, 6.07) is 0. The van der Waals surface area contributed by atoms with Crippen LogP contribution in [-0.2, 0) is 14.1 Å². The monoisotopic (exact) mass is 241 g/mol. The van der Waals surface area contributed by atoms with E-state index in [1.165, 1.54) is 18.7 Å². The third kappa shape index (κ3) is 1.28. The third-order valence-electron chi connectivity index (χ3n) is 2.26. The molecule has 2 rings (SSSR count). The van der Waals surface area contributed by atoms with Gasteiger partial charge in [0.25, 0.3) is 5.56 Å². The van der Waals surface area contributed by atoms with Crippen LogP contribution in [0, 0.1) is 0 Å². The van der Waals surface area contributed by atoms with Crippen LogP contribution in [0.15, 0.2) is 9.59 Å². The molecule has 7 nitrogen and oxygen atoms in total. The second kappa shape index (κ2) is 3.31. The van der Waals surface area contributed by atoms with Gasteiger partial charge >= 0.3 is 5.69 Å². The van der Waals surface area contributed by atoms with Gasteiger partial charge < -0.3 is 5.73 Å². The molecule has 8 heteroatoms. The minimum Gasteiger partial charge on any atom is -0.381 e. The number of rotatable bonds is 0. The van der Waals surface area contributed by atoms with Crippen molar-refractivity contribution < 1.29 is 0 Å². The van der Waals surface area contributed by atoms with Gasteiger partial charge in [-0.3, -0.25) is 13.9 Å². The lowest BCUT2D eigenvalue weighted by atomic mass is 10.5. The molecular formula is C8H8ClN5O2. The largest absolute Gasteiger partial charge is 0.381 e. The molecule has 0 aliphatic rings. The van der Waals surface area contributed by atoms with Crippen molar-refractivity contribution >= 4 is 28.6 Å². The number of halogens is 1. The van der Waals surface area contributed by atoms with Crippen molar-refractivity contribution in [3.63, 3.8) is 0 Å². The van der Waals surface area contributed by atoms with E-state index in [1.807, 2.05) is 0 Å². The Bertz CT molecular complexity index is 702. The second-order valence-corrected chi connectivity index (χ2v) is 3.64. The average molecular weight is 242 g/mol. The zero-order valence-corrected chi connectivity index (χ0v) is 9.32. The number of nitrogens with two attached hydrogens (primary N) is 1. The lowest BCUT2D eigenvalue weighted by Gasteiger charge is -2.06. The molecule has 0 unspecified atom stereocenters. The Labute approximate surface area is 94.1 Å². The van der Waals surface area contributed by atoms with Crippen LogP contribution >= 0.6 is 11.6 Å². The van der Waals surface area contributed by atoms with Crippen molar-refractivity contribution in [1.82, 2.24) is 19.1 Å². The first-order chi connectivity index (χ1) is 7.43. The Kier molecular flexibility index (Phi) is 2.20. The highest BCUT2D eigenvalue weighted by Crippen LogP contribution is 2.14. The third-order valence-corrected chi connectivity index (χ3v) is 2.54. The standard InChI is InChI=1S/C8H8ClN5O2/c1-13-6-3(7(15)14(2)8(13)16)11-4(9)5(10)12-6/h1-2H3,(H2,10,12). The van der Waals surface area contributed by atoms with Gasteiger partial charge in [0.05, 0.1) is 0 Å². The molecule has 0 aliphatic carbocycles. The molecule has 84 valence electrons. The molecule has 0 aromatic carbocycles. The van der Waals surface area contributed by atoms with E-state index < -0.39 is 11.2 Å². The van der Waals surface area contributed by atoms with E-state index in [-0.39, 0.29) is 22.1 Å². The Morgan fingerprint density at radius 3 is 2.44 bits per heavy atom. The molecule has 2 heterocycles. The first-order valence-electron chi connectivity index (χ1n) is 4.32. The van der Waals surface area contributed by atoms with E-state index >= 15 is 0 Å². The quantitative estimate of drug-likeness (QED) is 0.656. The topological polar surface area (TPSA) is 95.8 Å². The van der Waals surface area contributed by atoms with Gasteiger partial charge in [-0.1, -0.05) is 11.6 Å². The van der Waals surface area contributed by atoms with Gasteiger partial charge in [-0.25, -0.2) is 14.8 Å². The minimum atomic E-state index is -0.549. The Morgan fingerprint density at radius 2 is 1.81 bits per heavy atom. The lowest BCUT2D eigenvalue weighted by Crippen LogP contribution is -2.37. The summed E-state index contributed by atoms with van der Waals surface area (Å²) in [5.74, 6) is -0.0163. The van der Waals surface area contributed by atoms with Crippen molar-refractivity contribution in [2.75, 3.05) is 5.73 Å². The summed E-state index contributed by atoms with van der Waals surface area (Å²) >= 11 is 5.67. The van der Waals surface area contributed by atoms with E-state index in [1.54, 1.807) is 0 Å². The van der Waals surface area contributed by atoms with Crippen LogP contribution in [0.3, 0.4) is 0 Å². The van der Waals surface area contributed by atoms with Gasteiger partial charge in [-0.05, 0) is 0 Å². The predicted molar refractivity (Wildman–Crippen MR) is 59.4 cm³/mol. The fourth-order valence-corrected chi connectivity index (χ4v) is 1.48. The van der Waals surface area contributed by atoms with E-state index in [2.05, 4.69) is 9.97 Å². The molecule has 2 N–H and O–H groups in total. The summed E-state index contributed by atoms with van der Waals surface area (Å²) in [6.45, 7) is 0. The van der Waals surface area contributed by atoms with Crippen LogP contribution in [0.4, 0.5) is 5.82 Å². The molecule has 0 atom stereocenters. The summed E-state index contributed by atoms with van der Waals surface area (Å²) < 4.78 is 2.12. The number of nitrogen functional groups attached to an aromatic ring is 1. The maximum atomic E-state index is 11.7. The van der Waals surface area contributed by atoms with E-state index in [4.69, 9.17) is 17.3 Å². The molecule has 16 heavy (non-hydrogen) atoms. The molecule has 0 radical (unpaired) electrons. The minimum absolute atomic E-state index is 0.0163. The van der Waals surface area contributed by atoms with Gasteiger partial charge in [0, 0.05) is 14.1 Å². The lowest BCUT2D eigenvalue weighted by molar-refractivity contribution is 0.705. The summed E-state index contributed by atoms with van der Waals surface area (Å²) in [6.07, 6.45) is 0. The summed E-state index contributed by atoms with van der Waals surface area (Å²) in [5.41, 5.74) is 4.56. The number of anilines is 1. The van der Waals surface area contributed by atoms with Crippen LogP contribution in [0.2, 0.25) is 5.15 Å². The molecule has 0 aliphatic heterocycles. The van der Waals surface area contributed by atoms with Gasteiger partial charge in [0.2, 0.25) is 0 Å². The number of aryl methyl sites for hydroxylation is 1. The van der Waals surface area contributed by atoms with Crippen molar-refractivity contribution in [2.45, 2.75) is 0 Å². The smallest absolute Gasteiger partial charge is 0.332 e. The molecule has 2 aromatic rings. The van der Waals surface area contributed by atoms with Gasteiger partial charge in [0.15, 0.2) is 22.1 Å². The first kappa shape index (κ1) is 10.6. The van der Waals surface area contributed by atoms with Crippen molar-refractivity contribution in [2.24, 2.45) is 14.1 Å². The van der Waals surface area contributed by atoms with Crippen molar-refractivity contribution in [3.8, 4) is 0 Å². The fraction of sp³-hybridized carbons (Fsp3) is 0.250. The van der Waals surface area contributed by atoms with Gasteiger partial charge in [0.1, 0.15) is 0 Å². The number of fused-ring (bicyclic) bond motifs is 1. The van der Waals surface area contributed by atoms with E-state index in [0.29, 0.717) is 0 Å². The molecular weight excluding hydrogens is 234 g/mol. The Morgan fingerprint density at radius 1 is 1.19 bits per heavy atom. The molecule has 2 aromatic heterocycles. The molecule has 0 amide bonds. The highest BCUT2D eigenvalue weighted by molar-refractivity contribution is 6.31. The fourth-order valence-electron chi connectivity index (χ4n) is 1.36. The molecule has 0 bridgehead atoms. The Hall–Kier alpha value is -1.89. The number of aromatic nitrogens is 4. The highest BCUT2D eigenvalue weighted by atomic mass is 35.5. The van der Waals surface area contributed by atoms with E-state index in [0.717, 1.165) is 4.57 Å².